The van der Waals surface area contributed by atoms with E-state index >= 15 is 0 Å². The number of rotatable bonds is 16. The topological polar surface area (TPSA) is 87.4 Å². The number of furan rings is 1. The number of esters is 1. The van der Waals surface area contributed by atoms with Gasteiger partial charge in [-0.25, -0.2) is 0 Å². The molecule has 1 heterocycles. The summed E-state index contributed by atoms with van der Waals surface area (Å²) < 4.78 is 30.9. The molecule has 0 fully saturated rings. The number of aliphatic hydroxyl groups is 1. The summed E-state index contributed by atoms with van der Waals surface area (Å²) in [5.74, 6) is -0.123. The van der Waals surface area contributed by atoms with E-state index in [9.17, 15) is 9.90 Å². The predicted octanol–water partition coefficient (Wildman–Crippen LogP) is 7.76. The second kappa shape index (κ2) is 15.6. The zero-order valence-electron chi connectivity index (χ0n) is 26.6. The lowest BCUT2D eigenvalue weighted by Crippen LogP contribution is -2.47. The molecule has 0 radical (unpaired) electrons. The first-order valence-corrected chi connectivity index (χ1v) is 17.7. The first kappa shape index (κ1) is 34.5. The number of carbonyl (C=O) groups excluding carboxylic acids is 1. The highest BCUT2D eigenvalue weighted by atomic mass is 28.4. The predicted molar refractivity (Wildman–Crippen MR) is 171 cm³/mol. The minimum atomic E-state index is -1.99. The van der Waals surface area contributed by atoms with E-state index in [4.69, 9.17) is 23.1 Å². The summed E-state index contributed by atoms with van der Waals surface area (Å²) in [7, 11) is -1.99. The van der Waals surface area contributed by atoms with Gasteiger partial charge in [-0.1, -0.05) is 94.4 Å². The molecule has 2 aromatic carbocycles. The molecule has 0 aliphatic heterocycles. The number of benzene rings is 2. The summed E-state index contributed by atoms with van der Waals surface area (Å²) in [6.45, 7) is 18.9. The normalized spacial score (nSPS) is 15.7. The average Bonchev–Trinajstić information content (AvgIpc) is 3.45. The Labute approximate surface area is 257 Å². The van der Waals surface area contributed by atoms with Gasteiger partial charge in [-0.05, 0) is 41.4 Å². The Morgan fingerprint density at radius 3 is 1.98 bits per heavy atom. The highest BCUT2D eigenvalue weighted by Crippen LogP contribution is 2.38. The summed E-state index contributed by atoms with van der Waals surface area (Å²) in [5, 5.41) is 11.6. The highest BCUT2D eigenvalue weighted by molar-refractivity contribution is 6.74. The smallest absolute Gasteiger partial charge is 0.303 e. The van der Waals surface area contributed by atoms with Crippen molar-refractivity contribution in [1.82, 2.24) is 0 Å². The van der Waals surface area contributed by atoms with Crippen molar-refractivity contribution in [1.29, 1.82) is 0 Å². The van der Waals surface area contributed by atoms with Crippen LogP contribution in [0.5, 0.6) is 0 Å². The highest BCUT2D eigenvalue weighted by Gasteiger charge is 2.41. The van der Waals surface area contributed by atoms with Crippen molar-refractivity contribution in [3.05, 3.63) is 108 Å². The fourth-order valence-electron chi connectivity index (χ4n) is 4.41. The third-order valence-corrected chi connectivity index (χ3v) is 12.6. The van der Waals surface area contributed by atoms with Crippen molar-refractivity contribution >= 4 is 14.3 Å². The number of carbonyl (C=O) groups is 1. The lowest BCUT2D eigenvalue weighted by Gasteiger charge is -2.36. The van der Waals surface area contributed by atoms with Gasteiger partial charge in [-0.3, -0.25) is 4.79 Å². The molecule has 8 heteroatoms. The molecule has 0 unspecified atom stereocenters. The molecule has 3 aromatic rings. The summed E-state index contributed by atoms with van der Waals surface area (Å²) in [5.41, 5.74) is 1.93. The molecule has 0 saturated carbocycles. The minimum Gasteiger partial charge on any atom is -0.461 e. The molecule has 0 bridgehead atoms. The first-order chi connectivity index (χ1) is 20.3. The third-order valence-electron chi connectivity index (χ3n) is 8.12. The third kappa shape index (κ3) is 10.0. The van der Waals surface area contributed by atoms with Crippen LogP contribution < -0.4 is 0 Å². The maximum absolute atomic E-state index is 12.4. The molecule has 0 spiro atoms. The molecule has 7 nitrogen and oxygen atoms in total. The second-order valence-electron chi connectivity index (χ2n) is 12.5. The number of aliphatic hydroxyl groups excluding tert-OH is 1. The van der Waals surface area contributed by atoms with E-state index in [1.54, 1.807) is 12.1 Å². The van der Waals surface area contributed by atoms with Gasteiger partial charge in [0, 0.05) is 12.8 Å². The van der Waals surface area contributed by atoms with E-state index < -0.39 is 44.6 Å². The zero-order chi connectivity index (χ0) is 31.6. The van der Waals surface area contributed by atoms with Crippen molar-refractivity contribution in [3.8, 4) is 0 Å². The summed E-state index contributed by atoms with van der Waals surface area (Å²) in [4.78, 5) is 12.4. The molecule has 0 saturated heterocycles. The lowest BCUT2D eigenvalue weighted by molar-refractivity contribution is -0.179. The minimum absolute atomic E-state index is 0.0622. The van der Waals surface area contributed by atoms with Crippen molar-refractivity contribution in [2.45, 2.75) is 97.0 Å². The standard InChI is InChI=1S/C35H48O7Si/c1-9-30(38-22-27-16-12-10-13-17-27)34(39-23-28-18-14-11-15-19-28)33(41-26(3)36)25(2)32(37)31-21-20-29(42-31)24-40-43(7,8)35(4,5)6/h9-21,25,30,32-34,37H,1,22-24H2,2-8H3/t25-,30+,32-,33+,34+/m0/s1. The number of hydrogen-bond acceptors (Lipinski definition) is 7. The Balaban J connectivity index is 1.85. The van der Waals surface area contributed by atoms with Gasteiger partial charge in [0.05, 0.1) is 19.8 Å². The first-order valence-electron chi connectivity index (χ1n) is 14.8. The van der Waals surface area contributed by atoms with Gasteiger partial charge in [0.1, 0.15) is 35.9 Å². The maximum Gasteiger partial charge on any atom is 0.303 e. The van der Waals surface area contributed by atoms with E-state index in [1.807, 2.05) is 73.7 Å². The van der Waals surface area contributed by atoms with Gasteiger partial charge in [0.2, 0.25) is 0 Å². The average molecular weight is 609 g/mol. The van der Waals surface area contributed by atoms with Gasteiger partial charge in [0.15, 0.2) is 8.32 Å². The number of ether oxygens (including phenoxy) is 3. The molecule has 1 N–H and O–H groups in total. The zero-order valence-corrected chi connectivity index (χ0v) is 27.6. The molecule has 3 rings (SSSR count). The monoisotopic (exact) mass is 608 g/mol. The molecule has 1 aromatic heterocycles. The van der Waals surface area contributed by atoms with Crippen LogP contribution in [0.15, 0.2) is 89.9 Å². The molecule has 234 valence electrons. The van der Waals surface area contributed by atoms with Crippen molar-refractivity contribution in [2.24, 2.45) is 5.92 Å². The van der Waals surface area contributed by atoms with Crippen LogP contribution in [0.1, 0.15) is 63.4 Å². The van der Waals surface area contributed by atoms with E-state index in [0.717, 1.165) is 11.1 Å². The van der Waals surface area contributed by atoms with Crippen molar-refractivity contribution < 1.29 is 33.0 Å². The maximum atomic E-state index is 12.4. The van der Waals surface area contributed by atoms with Crippen LogP contribution in [0.2, 0.25) is 18.1 Å². The molecule has 0 aliphatic rings. The van der Waals surface area contributed by atoms with Gasteiger partial charge >= 0.3 is 5.97 Å². The summed E-state index contributed by atoms with van der Waals surface area (Å²) >= 11 is 0. The van der Waals surface area contributed by atoms with Gasteiger partial charge in [-0.2, -0.15) is 0 Å². The van der Waals surface area contributed by atoms with Crippen LogP contribution >= 0.6 is 0 Å². The quantitative estimate of drug-likeness (QED) is 0.101. The van der Waals surface area contributed by atoms with E-state index in [0.29, 0.717) is 24.7 Å². The van der Waals surface area contributed by atoms with E-state index in [-0.39, 0.29) is 11.6 Å². The molecular formula is C35H48O7Si. The molecular weight excluding hydrogens is 560 g/mol. The van der Waals surface area contributed by atoms with E-state index in [1.165, 1.54) is 6.92 Å². The Morgan fingerprint density at radius 2 is 1.47 bits per heavy atom. The second-order valence-corrected chi connectivity index (χ2v) is 17.3. The van der Waals surface area contributed by atoms with Crippen molar-refractivity contribution in [2.75, 3.05) is 0 Å². The van der Waals surface area contributed by atoms with Gasteiger partial charge in [-0.15, -0.1) is 6.58 Å². The Morgan fingerprint density at radius 1 is 0.907 bits per heavy atom. The summed E-state index contributed by atoms with van der Waals surface area (Å²) in [6, 6.07) is 23.1. The SMILES string of the molecule is C=C[C@@H](OCc1ccccc1)[C@@H](OCc1ccccc1)[C@H](OC(C)=O)[C@@H](C)[C@H](O)c1ccc(CO[Si](C)(C)C(C)(C)C)o1. The Hall–Kier alpha value is -3.01. The van der Waals surface area contributed by atoms with Crippen molar-refractivity contribution in [3.63, 3.8) is 0 Å². The van der Waals surface area contributed by atoms with Crippen LogP contribution in [0.3, 0.4) is 0 Å². The molecule has 0 aliphatic carbocycles. The van der Waals surface area contributed by atoms with E-state index in [2.05, 4.69) is 40.4 Å². The van der Waals surface area contributed by atoms with Crippen LogP contribution in [0, 0.1) is 5.92 Å². The lowest BCUT2D eigenvalue weighted by atomic mass is 9.90. The summed E-state index contributed by atoms with van der Waals surface area (Å²) in [6.07, 6.45) is -1.74. The Kier molecular flexibility index (Phi) is 12.5. The largest absolute Gasteiger partial charge is 0.461 e. The fraction of sp³-hybridized carbons (Fsp3) is 0.457. The van der Waals surface area contributed by atoms with Crippen LogP contribution in [0.4, 0.5) is 0 Å². The molecule has 5 atom stereocenters. The van der Waals surface area contributed by atoms with Crippen LogP contribution in [0.25, 0.3) is 0 Å². The van der Waals surface area contributed by atoms with Gasteiger partial charge in [0.25, 0.3) is 0 Å². The molecule has 43 heavy (non-hydrogen) atoms. The Bertz CT molecular complexity index is 1270. The fourth-order valence-corrected chi connectivity index (χ4v) is 5.35. The number of hydrogen-bond donors (Lipinski definition) is 1. The molecule has 0 amide bonds. The van der Waals surface area contributed by atoms with Gasteiger partial charge < -0.3 is 28.2 Å². The van der Waals surface area contributed by atoms with Crippen LogP contribution in [-0.2, 0) is 43.3 Å². The van der Waals surface area contributed by atoms with Crippen LogP contribution in [-0.4, -0.2) is 37.7 Å².